The van der Waals surface area contributed by atoms with E-state index in [1.807, 2.05) is 0 Å². The minimum absolute atomic E-state index is 0.00845. The zero-order valence-corrected chi connectivity index (χ0v) is 17.3. The standard InChI is InChI=1S/C20H22F4N4O5/c21-14-5-12(20(22,23)24)2-1-11(14)10-33-13-6-27(7-13)18(30)26-4-3-16-15(8-26)25-17(29)9-28(16)19(31)32/h1-2,5,13,15-16H,3-4,6-10H2,(H,25,29)(H,31,32)/t15-,16+/m1/s1. The molecule has 0 unspecified atom stereocenters. The summed E-state index contributed by atoms with van der Waals surface area (Å²) >= 11 is 0. The lowest BCUT2D eigenvalue weighted by Crippen LogP contribution is -2.69. The number of urea groups is 1. The van der Waals surface area contributed by atoms with Crippen molar-refractivity contribution in [2.45, 2.75) is 37.4 Å². The first-order valence-corrected chi connectivity index (χ1v) is 10.3. The molecule has 0 spiro atoms. The third kappa shape index (κ3) is 4.82. The number of benzene rings is 1. The van der Waals surface area contributed by atoms with Crippen molar-refractivity contribution >= 4 is 18.0 Å². The van der Waals surface area contributed by atoms with E-state index in [0.29, 0.717) is 19.0 Å². The molecule has 1 aromatic rings. The lowest BCUT2D eigenvalue weighted by molar-refractivity contribution is -0.137. The van der Waals surface area contributed by atoms with Gasteiger partial charge in [-0.15, -0.1) is 0 Å². The van der Waals surface area contributed by atoms with Crippen LogP contribution in [0.15, 0.2) is 18.2 Å². The maximum Gasteiger partial charge on any atom is 0.416 e. The van der Waals surface area contributed by atoms with E-state index in [9.17, 15) is 37.1 Å². The van der Waals surface area contributed by atoms with E-state index in [0.717, 1.165) is 17.0 Å². The summed E-state index contributed by atoms with van der Waals surface area (Å²) in [5.41, 5.74) is -1.08. The Kier molecular flexibility index (Phi) is 6.08. The molecule has 9 nitrogen and oxygen atoms in total. The van der Waals surface area contributed by atoms with Crippen LogP contribution >= 0.6 is 0 Å². The molecule has 0 aromatic heterocycles. The van der Waals surface area contributed by atoms with Crippen LogP contribution in [0, 0.1) is 5.82 Å². The van der Waals surface area contributed by atoms with Crippen LogP contribution in [-0.4, -0.2) is 88.7 Å². The van der Waals surface area contributed by atoms with E-state index in [1.54, 1.807) is 4.90 Å². The highest BCUT2D eigenvalue weighted by molar-refractivity contribution is 5.84. The first kappa shape index (κ1) is 23.1. The number of halogens is 4. The predicted octanol–water partition coefficient (Wildman–Crippen LogP) is 1.72. The zero-order valence-electron chi connectivity index (χ0n) is 17.3. The molecule has 3 heterocycles. The van der Waals surface area contributed by atoms with Crippen LogP contribution in [0.1, 0.15) is 17.5 Å². The van der Waals surface area contributed by atoms with Crippen LogP contribution in [0.5, 0.6) is 0 Å². The van der Waals surface area contributed by atoms with Gasteiger partial charge in [0.05, 0.1) is 43.4 Å². The Morgan fingerprint density at radius 3 is 2.55 bits per heavy atom. The maximum absolute atomic E-state index is 13.9. The first-order valence-electron chi connectivity index (χ1n) is 10.3. The summed E-state index contributed by atoms with van der Waals surface area (Å²) in [6.07, 6.45) is -5.79. The molecule has 0 saturated carbocycles. The van der Waals surface area contributed by atoms with Gasteiger partial charge in [-0.2, -0.15) is 13.2 Å². The number of amides is 4. The van der Waals surface area contributed by atoms with Gasteiger partial charge in [-0.25, -0.2) is 14.0 Å². The highest BCUT2D eigenvalue weighted by atomic mass is 19.4. The van der Waals surface area contributed by atoms with Crippen LogP contribution in [0.4, 0.5) is 27.2 Å². The topological polar surface area (TPSA) is 102 Å². The molecule has 4 amide bonds. The maximum atomic E-state index is 13.9. The third-order valence-electron chi connectivity index (χ3n) is 6.13. The zero-order chi connectivity index (χ0) is 23.9. The van der Waals surface area contributed by atoms with Crippen molar-refractivity contribution in [2.75, 3.05) is 32.7 Å². The fourth-order valence-corrected chi connectivity index (χ4v) is 4.31. The number of fused-ring (bicyclic) bond motifs is 1. The number of ether oxygens (including phenoxy) is 1. The smallest absolute Gasteiger partial charge is 0.416 e. The number of carbonyl (C=O) groups is 3. The van der Waals surface area contributed by atoms with Crippen LogP contribution < -0.4 is 5.32 Å². The largest absolute Gasteiger partial charge is 0.465 e. The molecule has 0 bridgehead atoms. The van der Waals surface area contributed by atoms with Crippen molar-refractivity contribution < 1.29 is 41.8 Å². The van der Waals surface area contributed by atoms with Gasteiger partial charge in [-0.3, -0.25) is 9.69 Å². The monoisotopic (exact) mass is 474 g/mol. The summed E-state index contributed by atoms with van der Waals surface area (Å²) in [5, 5.41) is 12.0. The number of carbonyl (C=O) groups excluding carboxylic acids is 2. The molecule has 3 saturated heterocycles. The average molecular weight is 474 g/mol. The van der Waals surface area contributed by atoms with Crippen LogP contribution in [-0.2, 0) is 22.3 Å². The summed E-state index contributed by atoms with van der Waals surface area (Å²) in [6, 6.07) is 1.08. The van der Waals surface area contributed by atoms with Crippen molar-refractivity contribution in [3.05, 3.63) is 35.1 Å². The SMILES string of the molecule is O=C1CN(C(=O)O)[C@H]2CCN(C(=O)N3CC(OCc4ccc(C(F)(F)F)cc4F)C3)C[C@H]2N1. The Hall–Kier alpha value is -3.09. The van der Waals surface area contributed by atoms with E-state index < -0.39 is 41.6 Å². The van der Waals surface area contributed by atoms with Gasteiger partial charge in [0.2, 0.25) is 5.91 Å². The van der Waals surface area contributed by atoms with Crippen molar-refractivity contribution in [2.24, 2.45) is 0 Å². The van der Waals surface area contributed by atoms with Crippen molar-refractivity contribution in [1.82, 2.24) is 20.0 Å². The van der Waals surface area contributed by atoms with Crippen LogP contribution in [0.3, 0.4) is 0 Å². The third-order valence-corrected chi connectivity index (χ3v) is 6.13. The van der Waals surface area contributed by atoms with Gasteiger partial charge in [0.15, 0.2) is 0 Å². The van der Waals surface area contributed by atoms with Gasteiger partial charge >= 0.3 is 18.3 Å². The van der Waals surface area contributed by atoms with Gasteiger partial charge < -0.3 is 25.0 Å². The molecule has 3 aliphatic rings. The second kappa shape index (κ2) is 8.69. The van der Waals surface area contributed by atoms with E-state index in [2.05, 4.69) is 5.32 Å². The van der Waals surface area contributed by atoms with E-state index in [4.69, 9.17) is 4.74 Å². The summed E-state index contributed by atoms with van der Waals surface area (Å²) in [7, 11) is 0. The molecule has 0 radical (unpaired) electrons. The Morgan fingerprint density at radius 1 is 1.18 bits per heavy atom. The minimum Gasteiger partial charge on any atom is -0.465 e. The molecule has 1 aromatic carbocycles. The number of nitrogens with zero attached hydrogens (tertiary/aromatic N) is 3. The predicted molar refractivity (Wildman–Crippen MR) is 104 cm³/mol. The van der Waals surface area contributed by atoms with Gasteiger partial charge in [0.1, 0.15) is 12.4 Å². The summed E-state index contributed by atoms with van der Waals surface area (Å²) in [5.74, 6) is -1.43. The van der Waals surface area contributed by atoms with Gasteiger partial charge in [-0.05, 0) is 18.6 Å². The molecule has 3 aliphatic heterocycles. The molecule has 2 atom stereocenters. The van der Waals surface area contributed by atoms with E-state index >= 15 is 0 Å². The molecular formula is C20H22F4N4O5. The Morgan fingerprint density at radius 2 is 1.91 bits per heavy atom. The van der Waals surface area contributed by atoms with Gasteiger partial charge in [-0.1, -0.05) is 6.07 Å². The molecule has 0 aliphatic carbocycles. The highest BCUT2D eigenvalue weighted by Crippen LogP contribution is 2.30. The second-order valence-electron chi connectivity index (χ2n) is 8.31. The second-order valence-corrected chi connectivity index (χ2v) is 8.31. The number of piperidine rings is 1. The normalized spacial score (nSPS) is 23.6. The van der Waals surface area contributed by atoms with Crippen molar-refractivity contribution in [1.29, 1.82) is 0 Å². The Labute approximate surface area is 185 Å². The molecule has 2 N–H and O–H groups in total. The number of nitrogens with one attached hydrogen (secondary N) is 1. The van der Waals surface area contributed by atoms with Crippen LogP contribution in [0.25, 0.3) is 0 Å². The molecule has 33 heavy (non-hydrogen) atoms. The van der Waals surface area contributed by atoms with Gasteiger partial charge in [0, 0.05) is 18.7 Å². The summed E-state index contributed by atoms with van der Waals surface area (Å²) in [6.45, 7) is 0.533. The molecule has 180 valence electrons. The van der Waals surface area contributed by atoms with Crippen molar-refractivity contribution in [3.63, 3.8) is 0 Å². The molecule has 3 fully saturated rings. The fourth-order valence-electron chi connectivity index (χ4n) is 4.31. The van der Waals surface area contributed by atoms with E-state index in [-0.39, 0.29) is 50.5 Å². The highest BCUT2D eigenvalue weighted by Gasteiger charge is 2.44. The lowest BCUT2D eigenvalue weighted by Gasteiger charge is -2.48. The summed E-state index contributed by atoms with van der Waals surface area (Å²) < 4.78 is 57.3. The number of rotatable bonds is 3. The molecule has 4 rings (SSSR count). The summed E-state index contributed by atoms with van der Waals surface area (Å²) in [4.78, 5) is 40.1. The quantitative estimate of drug-likeness (QED) is 0.650. The Bertz CT molecular complexity index is 953. The van der Waals surface area contributed by atoms with Crippen LogP contribution in [0.2, 0.25) is 0 Å². The van der Waals surface area contributed by atoms with Gasteiger partial charge in [0.25, 0.3) is 0 Å². The lowest BCUT2D eigenvalue weighted by atomic mass is 9.95. The molecular weight excluding hydrogens is 452 g/mol. The number of hydrogen-bond acceptors (Lipinski definition) is 4. The average Bonchev–Trinajstić information content (AvgIpc) is 2.71. The fraction of sp³-hybridized carbons (Fsp3) is 0.550. The van der Waals surface area contributed by atoms with Crippen molar-refractivity contribution in [3.8, 4) is 0 Å². The minimum atomic E-state index is -4.63. The first-order chi connectivity index (χ1) is 15.5. The molecule has 13 heteroatoms. The number of carboxylic acid groups (broad SMARTS) is 1. The van der Waals surface area contributed by atoms with E-state index in [1.165, 1.54) is 4.90 Å². The number of alkyl halides is 3. The Balaban J connectivity index is 1.26. The number of piperazine rings is 1. The number of likely N-dealkylation sites (tertiary alicyclic amines) is 2. The number of hydrogen-bond donors (Lipinski definition) is 2.